The number of para-hydroxylation sites is 1. The molecular weight excluding hydrogens is 342 g/mol. The molecule has 2 N–H and O–H groups in total. The first-order valence-corrected chi connectivity index (χ1v) is 9.59. The summed E-state index contributed by atoms with van der Waals surface area (Å²) in [4.78, 5) is 25.7. The van der Waals surface area contributed by atoms with Crippen LogP contribution in [0, 0.1) is 5.92 Å². The number of hydrogen-bond donors (Lipinski definition) is 2. The van der Waals surface area contributed by atoms with E-state index in [4.69, 9.17) is 4.74 Å². The maximum atomic E-state index is 13.1. The highest BCUT2D eigenvalue weighted by molar-refractivity contribution is 5.81. The van der Waals surface area contributed by atoms with E-state index in [1.165, 1.54) is 0 Å². The van der Waals surface area contributed by atoms with Gasteiger partial charge in [0.05, 0.1) is 6.61 Å². The van der Waals surface area contributed by atoms with Crippen LogP contribution in [0.5, 0.6) is 5.75 Å². The highest BCUT2D eigenvalue weighted by Gasteiger charge is 2.41. The molecule has 0 aliphatic carbocycles. The van der Waals surface area contributed by atoms with E-state index in [1.807, 2.05) is 37.3 Å². The predicted molar refractivity (Wildman–Crippen MR) is 103 cm³/mol. The molecule has 1 aromatic carbocycles. The summed E-state index contributed by atoms with van der Waals surface area (Å²) in [6.07, 6.45) is 0.935. The summed E-state index contributed by atoms with van der Waals surface area (Å²) in [7, 11) is 0. The summed E-state index contributed by atoms with van der Waals surface area (Å²) in [6.45, 7) is 4.51. The van der Waals surface area contributed by atoms with Crippen molar-refractivity contribution in [2.75, 3.05) is 19.7 Å². The molecule has 6 nitrogen and oxygen atoms in total. The lowest BCUT2D eigenvalue weighted by atomic mass is 9.79. The Kier molecular flexibility index (Phi) is 4.99. The molecule has 2 aromatic rings. The average molecular weight is 367 g/mol. The second-order valence-corrected chi connectivity index (χ2v) is 7.21. The van der Waals surface area contributed by atoms with Gasteiger partial charge in [-0.15, -0.1) is 0 Å². The van der Waals surface area contributed by atoms with E-state index in [-0.39, 0.29) is 17.4 Å². The molecule has 0 unspecified atom stereocenters. The number of nitrogens with zero attached hydrogens (tertiary/aromatic N) is 1. The van der Waals surface area contributed by atoms with Crippen LogP contribution in [0.25, 0.3) is 0 Å². The predicted octanol–water partition coefficient (Wildman–Crippen LogP) is 1.81. The van der Waals surface area contributed by atoms with Gasteiger partial charge in [-0.25, -0.2) is 0 Å². The number of pyridine rings is 1. The molecule has 2 bridgehead atoms. The van der Waals surface area contributed by atoms with Gasteiger partial charge in [0.2, 0.25) is 5.91 Å². The Hall–Kier alpha value is -2.60. The van der Waals surface area contributed by atoms with Crippen LogP contribution in [0.3, 0.4) is 0 Å². The molecule has 0 radical (unpaired) electrons. The van der Waals surface area contributed by atoms with Crippen molar-refractivity contribution in [1.82, 2.24) is 15.2 Å². The van der Waals surface area contributed by atoms with Crippen LogP contribution < -0.4 is 20.9 Å². The molecule has 4 rings (SSSR count). The average Bonchev–Trinajstić information content (AvgIpc) is 2.69. The number of fused-ring (bicyclic) bond motifs is 4. The van der Waals surface area contributed by atoms with Crippen LogP contribution in [-0.2, 0) is 11.3 Å². The molecule has 6 heteroatoms. The lowest BCUT2D eigenvalue weighted by Gasteiger charge is -2.42. The molecule has 27 heavy (non-hydrogen) atoms. The van der Waals surface area contributed by atoms with Gasteiger partial charge in [0.15, 0.2) is 0 Å². The second kappa shape index (κ2) is 7.56. The zero-order chi connectivity index (χ0) is 18.8. The van der Waals surface area contributed by atoms with Crippen molar-refractivity contribution in [2.24, 2.45) is 5.92 Å². The Morgan fingerprint density at radius 2 is 2.07 bits per heavy atom. The van der Waals surface area contributed by atoms with Crippen molar-refractivity contribution in [3.05, 3.63) is 64.1 Å². The van der Waals surface area contributed by atoms with Crippen molar-refractivity contribution in [3.63, 3.8) is 0 Å². The number of nitrogens with one attached hydrogen (secondary N) is 2. The molecular formula is C21H25N3O3. The maximum absolute atomic E-state index is 13.1. The minimum atomic E-state index is -0.475. The molecule has 2 aliphatic rings. The van der Waals surface area contributed by atoms with Gasteiger partial charge < -0.3 is 15.4 Å². The second-order valence-electron chi connectivity index (χ2n) is 7.21. The van der Waals surface area contributed by atoms with Crippen LogP contribution in [0.2, 0.25) is 0 Å². The first-order valence-electron chi connectivity index (χ1n) is 9.59. The van der Waals surface area contributed by atoms with E-state index in [1.54, 1.807) is 16.7 Å². The van der Waals surface area contributed by atoms with Crippen LogP contribution in [0.15, 0.2) is 47.3 Å². The fourth-order valence-electron chi connectivity index (χ4n) is 4.36. The lowest BCUT2D eigenvalue weighted by molar-refractivity contribution is -0.127. The van der Waals surface area contributed by atoms with E-state index in [0.29, 0.717) is 19.1 Å². The highest BCUT2D eigenvalue weighted by Crippen LogP contribution is 2.38. The first kappa shape index (κ1) is 17.8. The summed E-state index contributed by atoms with van der Waals surface area (Å²) < 4.78 is 7.35. The summed E-state index contributed by atoms with van der Waals surface area (Å²) in [5.41, 5.74) is 1.79. The van der Waals surface area contributed by atoms with Gasteiger partial charge in [0, 0.05) is 48.8 Å². The number of ether oxygens (including phenoxy) is 1. The number of carbonyl (C=O) groups is 1. The topological polar surface area (TPSA) is 72.4 Å². The lowest BCUT2D eigenvalue weighted by Crippen LogP contribution is -2.52. The Labute approximate surface area is 158 Å². The van der Waals surface area contributed by atoms with Gasteiger partial charge in [0.25, 0.3) is 5.56 Å². The summed E-state index contributed by atoms with van der Waals surface area (Å²) in [6, 6.07) is 12.5. The molecule has 1 amide bonds. The molecule has 3 atom stereocenters. The highest BCUT2D eigenvalue weighted by atomic mass is 16.5. The minimum Gasteiger partial charge on any atom is -0.494 e. The van der Waals surface area contributed by atoms with Crippen molar-refractivity contribution in [1.29, 1.82) is 0 Å². The molecule has 3 heterocycles. The number of rotatable bonds is 5. The van der Waals surface area contributed by atoms with Crippen molar-refractivity contribution < 1.29 is 9.53 Å². The van der Waals surface area contributed by atoms with E-state index in [0.717, 1.165) is 36.5 Å². The van der Waals surface area contributed by atoms with Crippen molar-refractivity contribution >= 4 is 5.91 Å². The number of amides is 1. The van der Waals surface area contributed by atoms with E-state index in [2.05, 4.69) is 10.6 Å². The van der Waals surface area contributed by atoms with Crippen LogP contribution in [0.1, 0.15) is 36.6 Å². The van der Waals surface area contributed by atoms with Gasteiger partial charge in [-0.2, -0.15) is 0 Å². The number of carbonyl (C=O) groups excluding carboxylic acids is 1. The van der Waals surface area contributed by atoms with Crippen molar-refractivity contribution in [2.45, 2.75) is 31.8 Å². The monoisotopic (exact) mass is 367 g/mol. The first-order chi connectivity index (χ1) is 13.2. The standard InChI is InChI=1S/C21H25N3O3/c1-2-27-18-8-4-3-6-14(18)13-23-21(26)20-16-10-15(11-22-12-16)17-7-5-9-19(25)24(17)20/h3-9,15-16,20,22H,2,10-13H2,1H3,(H,23,26)/t15-,16+,20-/m1/s1. The molecule has 1 saturated heterocycles. The number of aromatic nitrogens is 1. The quantitative estimate of drug-likeness (QED) is 0.845. The third kappa shape index (κ3) is 3.37. The van der Waals surface area contributed by atoms with Gasteiger partial charge in [-0.1, -0.05) is 24.3 Å². The molecule has 2 aliphatic heterocycles. The van der Waals surface area contributed by atoms with Crippen LogP contribution in [0.4, 0.5) is 0 Å². The molecule has 0 saturated carbocycles. The van der Waals surface area contributed by atoms with Crippen LogP contribution >= 0.6 is 0 Å². The summed E-state index contributed by atoms with van der Waals surface area (Å²) in [5.74, 6) is 1.09. The maximum Gasteiger partial charge on any atom is 0.251 e. The number of benzene rings is 1. The minimum absolute atomic E-state index is 0.0982. The van der Waals surface area contributed by atoms with Crippen LogP contribution in [-0.4, -0.2) is 30.2 Å². The Bertz CT molecular complexity index is 892. The van der Waals surface area contributed by atoms with Crippen molar-refractivity contribution in [3.8, 4) is 5.75 Å². The SMILES string of the molecule is CCOc1ccccc1CNC(=O)[C@H]1[C@@H]2CNC[C@@H](C2)c2cccc(=O)n21. The smallest absolute Gasteiger partial charge is 0.251 e. The zero-order valence-corrected chi connectivity index (χ0v) is 15.5. The summed E-state index contributed by atoms with van der Waals surface area (Å²) >= 11 is 0. The summed E-state index contributed by atoms with van der Waals surface area (Å²) in [5, 5.41) is 6.45. The van der Waals surface area contributed by atoms with Gasteiger partial charge in [-0.05, 0) is 25.5 Å². The number of piperidine rings is 1. The van der Waals surface area contributed by atoms with Gasteiger partial charge >= 0.3 is 0 Å². The fourth-order valence-corrected chi connectivity index (χ4v) is 4.36. The molecule has 1 aromatic heterocycles. The third-order valence-electron chi connectivity index (χ3n) is 5.54. The largest absolute Gasteiger partial charge is 0.494 e. The zero-order valence-electron chi connectivity index (χ0n) is 15.5. The molecule has 1 fully saturated rings. The Morgan fingerprint density at radius 1 is 1.22 bits per heavy atom. The Balaban J connectivity index is 1.59. The van der Waals surface area contributed by atoms with E-state index < -0.39 is 6.04 Å². The Morgan fingerprint density at radius 3 is 2.93 bits per heavy atom. The van der Waals surface area contributed by atoms with E-state index in [9.17, 15) is 9.59 Å². The van der Waals surface area contributed by atoms with Gasteiger partial charge in [-0.3, -0.25) is 14.2 Å². The fraction of sp³-hybridized carbons (Fsp3) is 0.429. The number of hydrogen-bond acceptors (Lipinski definition) is 4. The molecule has 142 valence electrons. The van der Waals surface area contributed by atoms with Gasteiger partial charge in [0.1, 0.15) is 11.8 Å². The molecule has 0 spiro atoms. The normalized spacial score (nSPS) is 23.4. The third-order valence-corrected chi connectivity index (χ3v) is 5.54. The van der Waals surface area contributed by atoms with E-state index >= 15 is 0 Å².